The van der Waals surface area contributed by atoms with Gasteiger partial charge in [0.25, 0.3) is 5.82 Å². The van der Waals surface area contributed by atoms with Gasteiger partial charge in [-0.2, -0.15) is 4.98 Å². The van der Waals surface area contributed by atoms with E-state index in [4.69, 9.17) is 9.63 Å². The van der Waals surface area contributed by atoms with Crippen LogP contribution >= 0.6 is 0 Å². The van der Waals surface area contributed by atoms with Crippen molar-refractivity contribution in [1.82, 2.24) is 10.1 Å². The van der Waals surface area contributed by atoms with Crippen molar-refractivity contribution in [1.29, 1.82) is 0 Å². The van der Waals surface area contributed by atoms with Crippen molar-refractivity contribution in [3.8, 4) is 0 Å². The molecule has 9 heteroatoms. The molecule has 0 bridgehead atoms. The van der Waals surface area contributed by atoms with E-state index < -0.39 is 32.8 Å². The molecule has 0 radical (unpaired) electrons. The first kappa shape index (κ1) is 16.3. The van der Waals surface area contributed by atoms with Gasteiger partial charge >= 0.3 is 5.97 Å². The van der Waals surface area contributed by atoms with Crippen molar-refractivity contribution in [3.05, 3.63) is 42.0 Å². The summed E-state index contributed by atoms with van der Waals surface area (Å²) < 4.78 is 30.9. The highest BCUT2D eigenvalue weighted by molar-refractivity contribution is 7.91. The summed E-state index contributed by atoms with van der Waals surface area (Å²) in [5.74, 6) is -2.88. The van der Waals surface area contributed by atoms with Gasteiger partial charge in [0.2, 0.25) is 5.89 Å². The largest absolute Gasteiger partial charge is 0.475 e. The third kappa shape index (κ3) is 2.94. The van der Waals surface area contributed by atoms with E-state index in [-0.39, 0.29) is 29.4 Å². The van der Waals surface area contributed by atoms with Gasteiger partial charge in [0.15, 0.2) is 9.84 Å². The van der Waals surface area contributed by atoms with E-state index in [2.05, 4.69) is 10.1 Å². The number of aromatic carboxylic acids is 1. The molecule has 1 fully saturated rings. The standard InChI is InChI=1S/C15H14N2O6S/c18-10-7-6-9(8-10)12(14-16-13(15(19)20)17-23-14)24(21,22)11-4-2-1-3-5-11/h1-5,9,12H,6-8H2,(H,19,20). The topological polar surface area (TPSA) is 127 Å². The van der Waals surface area contributed by atoms with E-state index in [0.29, 0.717) is 6.42 Å². The molecule has 1 aliphatic rings. The summed E-state index contributed by atoms with van der Waals surface area (Å²) in [6, 6.07) is 7.73. The van der Waals surface area contributed by atoms with Crippen LogP contribution in [0.25, 0.3) is 0 Å². The van der Waals surface area contributed by atoms with Crippen molar-refractivity contribution in [2.75, 3.05) is 0 Å². The van der Waals surface area contributed by atoms with Crippen molar-refractivity contribution < 1.29 is 27.6 Å². The van der Waals surface area contributed by atoms with E-state index in [1.807, 2.05) is 0 Å². The second-order valence-electron chi connectivity index (χ2n) is 5.58. The van der Waals surface area contributed by atoms with Gasteiger partial charge in [-0.1, -0.05) is 18.2 Å². The van der Waals surface area contributed by atoms with Gasteiger partial charge in [-0.3, -0.25) is 4.79 Å². The summed E-state index contributed by atoms with van der Waals surface area (Å²) in [4.78, 5) is 26.3. The number of Topliss-reactive ketones (excluding diaryl/α,β-unsaturated/α-hetero) is 1. The van der Waals surface area contributed by atoms with Crippen LogP contribution in [-0.2, 0) is 14.6 Å². The Morgan fingerprint density at radius 2 is 2.00 bits per heavy atom. The number of carboxylic acid groups (broad SMARTS) is 1. The van der Waals surface area contributed by atoms with Gasteiger partial charge in [-0.05, 0) is 29.6 Å². The number of aromatic nitrogens is 2. The van der Waals surface area contributed by atoms with Crippen LogP contribution in [0.5, 0.6) is 0 Å². The van der Waals surface area contributed by atoms with Gasteiger partial charge in [-0.15, -0.1) is 0 Å². The molecule has 2 aromatic rings. The van der Waals surface area contributed by atoms with Crippen molar-refractivity contribution >= 4 is 21.6 Å². The molecule has 1 aromatic carbocycles. The Hall–Kier alpha value is -2.55. The van der Waals surface area contributed by atoms with Gasteiger partial charge in [0.1, 0.15) is 11.0 Å². The molecule has 2 atom stereocenters. The molecule has 0 spiro atoms. The van der Waals surface area contributed by atoms with E-state index in [1.54, 1.807) is 18.2 Å². The van der Waals surface area contributed by atoms with E-state index in [0.717, 1.165) is 0 Å². The minimum Gasteiger partial charge on any atom is -0.475 e. The number of benzene rings is 1. The van der Waals surface area contributed by atoms with Gasteiger partial charge < -0.3 is 9.63 Å². The Bertz CT molecular complexity index is 874. The second kappa shape index (κ2) is 6.16. The molecule has 3 rings (SSSR count). The zero-order valence-electron chi connectivity index (χ0n) is 12.5. The number of nitrogens with zero attached hydrogens (tertiary/aromatic N) is 2. The summed E-state index contributed by atoms with van der Waals surface area (Å²) in [7, 11) is -3.91. The molecule has 1 aromatic heterocycles. The quantitative estimate of drug-likeness (QED) is 0.862. The first-order chi connectivity index (χ1) is 11.4. The molecule has 1 aliphatic carbocycles. The number of sulfone groups is 1. The number of hydrogen-bond acceptors (Lipinski definition) is 7. The minimum atomic E-state index is -3.91. The molecule has 0 saturated heterocycles. The Morgan fingerprint density at radius 3 is 2.54 bits per heavy atom. The Balaban J connectivity index is 2.08. The van der Waals surface area contributed by atoms with E-state index in [1.165, 1.54) is 12.1 Å². The van der Waals surface area contributed by atoms with Crippen LogP contribution in [0, 0.1) is 5.92 Å². The summed E-state index contributed by atoms with van der Waals surface area (Å²) in [6.45, 7) is 0. The molecule has 0 amide bonds. The van der Waals surface area contributed by atoms with Crippen LogP contribution in [0.15, 0.2) is 39.8 Å². The molecule has 24 heavy (non-hydrogen) atoms. The van der Waals surface area contributed by atoms with E-state index >= 15 is 0 Å². The molecular weight excluding hydrogens is 336 g/mol. The highest BCUT2D eigenvalue weighted by atomic mass is 32.2. The summed E-state index contributed by atoms with van der Waals surface area (Å²) in [6.07, 6.45) is 0.743. The predicted molar refractivity (Wildman–Crippen MR) is 80.0 cm³/mol. The number of carboxylic acids is 1. The van der Waals surface area contributed by atoms with Crippen LogP contribution in [0.2, 0.25) is 0 Å². The van der Waals surface area contributed by atoms with Crippen LogP contribution in [0.4, 0.5) is 0 Å². The molecule has 8 nitrogen and oxygen atoms in total. The predicted octanol–water partition coefficient (Wildman–Crippen LogP) is 1.65. The summed E-state index contributed by atoms with van der Waals surface area (Å²) in [5, 5.41) is 11.0. The van der Waals surface area contributed by atoms with Crippen molar-refractivity contribution in [2.45, 2.75) is 29.4 Å². The fourth-order valence-electron chi connectivity index (χ4n) is 2.88. The molecule has 126 valence electrons. The molecular formula is C15H14N2O6S. The van der Waals surface area contributed by atoms with Crippen LogP contribution in [0.3, 0.4) is 0 Å². The minimum absolute atomic E-state index is 0.0359. The number of hydrogen-bond donors (Lipinski definition) is 1. The Kier molecular flexibility index (Phi) is 4.18. The highest BCUT2D eigenvalue weighted by Crippen LogP contribution is 2.41. The normalized spacial score (nSPS) is 19.3. The SMILES string of the molecule is O=C1CCC(C(c2nc(C(=O)O)no2)S(=O)(=O)c2ccccc2)C1. The Morgan fingerprint density at radius 1 is 1.29 bits per heavy atom. The van der Waals surface area contributed by atoms with Crippen LogP contribution in [0.1, 0.15) is 41.0 Å². The fourth-order valence-corrected chi connectivity index (χ4v) is 4.81. The van der Waals surface area contributed by atoms with Gasteiger partial charge in [-0.25, -0.2) is 13.2 Å². The number of carbonyl (C=O) groups excluding carboxylic acids is 1. The molecule has 2 unspecified atom stereocenters. The first-order valence-corrected chi connectivity index (χ1v) is 8.82. The first-order valence-electron chi connectivity index (χ1n) is 7.27. The Labute approximate surface area is 137 Å². The third-order valence-corrected chi connectivity index (χ3v) is 6.18. The molecule has 1 N–H and O–H groups in total. The lowest BCUT2D eigenvalue weighted by atomic mass is 10.0. The molecule has 1 heterocycles. The maximum absolute atomic E-state index is 13.0. The van der Waals surface area contributed by atoms with E-state index in [9.17, 15) is 18.0 Å². The van der Waals surface area contributed by atoms with Crippen molar-refractivity contribution in [3.63, 3.8) is 0 Å². The third-order valence-electron chi connectivity index (χ3n) is 3.99. The lowest BCUT2D eigenvalue weighted by molar-refractivity contribution is -0.117. The number of rotatable bonds is 5. The average molecular weight is 350 g/mol. The molecule has 1 saturated carbocycles. The fraction of sp³-hybridized carbons (Fsp3) is 0.333. The summed E-state index contributed by atoms with van der Waals surface area (Å²) >= 11 is 0. The smallest absolute Gasteiger partial charge is 0.377 e. The highest BCUT2D eigenvalue weighted by Gasteiger charge is 2.43. The molecule has 0 aliphatic heterocycles. The van der Waals surface area contributed by atoms with Gasteiger partial charge in [0.05, 0.1) is 4.90 Å². The van der Waals surface area contributed by atoms with Crippen molar-refractivity contribution in [2.24, 2.45) is 5.92 Å². The maximum Gasteiger partial charge on any atom is 0.377 e. The van der Waals surface area contributed by atoms with Crippen LogP contribution in [-0.4, -0.2) is 35.4 Å². The monoisotopic (exact) mass is 350 g/mol. The van der Waals surface area contributed by atoms with Gasteiger partial charge in [0, 0.05) is 12.8 Å². The zero-order valence-corrected chi connectivity index (χ0v) is 13.3. The maximum atomic E-state index is 13.0. The average Bonchev–Trinajstić information content (AvgIpc) is 3.18. The lowest BCUT2D eigenvalue weighted by Gasteiger charge is -2.19. The number of carbonyl (C=O) groups is 2. The summed E-state index contributed by atoms with van der Waals surface area (Å²) in [5.41, 5.74) is 0. The lowest BCUT2D eigenvalue weighted by Crippen LogP contribution is -2.22. The van der Waals surface area contributed by atoms with Crippen LogP contribution < -0.4 is 0 Å². The number of ketones is 1. The second-order valence-corrected chi connectivity index (χ2v) is 7.65. The zero-order chi connectivity index (χ0) is 17.3.